The maximum absolute atomic E-state index is 12.0. The Bertz CT molecular complexity index is 822. The van der Waals surface area contributed by atoms with Gasteiger partial charge < -0.3 is 14.8 Å². The fraction of sp³-hybridized carbons (Fsp3) is 0.227. The Labute approximate surface area is 153 Å². The molecule has 4 heteroatoms. The van der Waals surface area contributed by atoms with E-state index in [1.165, 1.54) is 0 Å². The number of aromatic hydroxyl groups is 1. The zero-order valence-corrected chi connectivity index (χ0v) is 14.7. The summed E-state index contributed by atoms with van der Waals surface area (Å²) in [4.78, 5) is 12.0. The van der Waals surface area contributed by atoms with E-state index in [0.29, 0.717) is 19.4 Å². The van der Waals surface area contributed by atoms with Gasteiger partial charge in [-0.1, -0.05) is 42.5 Å². The SMILES string of the molecule is O=C(CCc1ccc(-c2ccccc2)o1)NCCCc1ccc(O)cc1. The van der Waals surface area contributed by atoms with Crippen LogP contribution in [-0.4, -0.2) is 17.6 Å². The zero-order chi connectivity index (χ0) is 18.2. The average Bonchev–Trinajstić information content (AvgIpc) is 3.15. The van der Waals surface area contributed by atoms with Crippen molar-refractivity contribution in [2.24, 2.45) is 0 Å². The third-order valence-electron chi connectivity index (χ3n) is 4.22. The molecule has 0 aliphatic rings. The second kappa shape index (κ2) is 8.90. The molecule has 0 fully saturated rings. The Kier molecular flexibility index (Phi) is 6.09. The fourth-order valence-corrected chi connectivity index (χ4v) is 2.78. The van der Waals surface area contributed by atoms with Crippen LogP contribution in [0.15, 0.2) is 71.1 Å². The quantitative estimate of drug-likeness (QED) is 0.595. The first-order valence-corrected chi connectivity index (χ1v) is 8.89. The molecule has 0 saturated carbocycles. The maximum Gasteiger partial charge on any atom is 0.220 e. The molecule has 0 spiro atoms. The summed E-state index contributed by atoms with van der Waals surface area (Å²) in [7, 11) is 0. The van der Waals surface area contributed by atoms with Crippen LogP contribution in [0.2, 0.25) is 0 Å². The average molecular weight is 349 g/mol. The summed E-state index contributed by atoms with van der Waals surface area (Å²) in [6.07, 6.45) is 2.76. The van der Waals surface area contributed by atoms with Gasteiger partial charge in [-0.25, -0.2) is 0 Å². The second-order valence-corrected chi connectivity index (χ2v) is 6.25. The van der Waals surface area contributed by atoms with Crippen LogP contribution in [0, 0.1) is 0 Å². The number of furan rings is 1. The van der Waals surface area contributed by atoms with Crippen molar-refractivity contribution in [1.82, 2.24) is 5.32 Å². The van der Waals surface area contributed by atoms with Crippen molar-refractivity contribution < 1.29 is 14.3 Å². The standard InChI is InChI=1S/C22H23NO3/c24-19-10-8-17(9-11-19)5-4-16-23-22(25)15-13-20-12-14-21(26-20)18-6-2-1-3-7-18/h1-3,6-12,14,24H,4-5,13,15-16H2,(H,23,25). The summed E-state index contributed by atoms with van der Waals surface area (Å²) >= 11 is 0. The van der Waals surface area contributed by atoms with Gasteiger partial charge in [-0.3, -0.25) is 4.79 Å². The van der Waals surface area contributed by atoms with E-state index in [1.54, 1.807) is 12.1 Å². The number of hydrogen-bond donors (Lipinski definition) is 2. The van der Waals surface area contributed by atoms with Crippen molar-refractivity contribution in [3.63, 3.8) is 0 Å². The molecule has 0 saturated heterocycles. The normalized spacial score (nSPS) is 10.6. The molecular formula is C22H23NO3. The van der Waals surface area contributed by atoms with Gasteiger partial charge in [0.05, 0.1) is 0 Å². The van der Waals surface area contributed by atoms with Gasteiger partial charge in [0.1, 0.15) is 17.3 Å². The lowest BCUT2D eigenvalue weighted by atomic mass is 10.1. The van der Waals surface area contributed by atoms with Crippen LogP contribution in [0.3, 0.4) is 0 Å². The van der Waals surface area contributed by atoms with Crippen molar-refractivity contribution >= 4 is 5.91 Å². The predicted octanol–water partition coefficient (Wildman–Crippen LogP) is 4.33. The summed E-state index contributed by atoms with van der Waals surface area (Å²) < 4.78 is 5.81. The fourth-order valence-electron chi connectivity index (χ4n) is 2.78. The molecule has 0 bridgehead atoms. The Hall–Kier alpha value is -3.01. The van der Waals surface area contributed by atoms with E-state index < -0.39 is 0 Å². The highest BCUT2D eigenvalue weighted by atomic mass is 16.3. The first-order chi connectivity index (χ1) is 12.7. The van der Waals surface area contributed by atoms with Crippen molar-refractivity contribution in [2.45, 2.75) is 25.7 Å². The minimum absolute atomic E-state index is 0.0355. The highest BCUT2D eigenvalue weighted by Crippen LogP contribution is 2.22. The van der Waals surface area contributed by atoms with Crippen LogP contribution < -0.4 is 5.32 Å². The summed E-state index contributed by atoms with van der Waals surface area (Å²) in [5.74, 6) is 1.96. The molecule has 0 aliphatic carbocycles. The van der Waals surface area contributed by atoms with Gasteiger partial charge in [0.2, 0.25) is 5.91 Å². The van der Waals surface area contributed by atoms with E-state index in [-0.39, 0.29) is 11.7 Å². The van der Waals surface area contributed by atoms with E-state index in [2.05, 4.69) is 5.32 Å². The number of nitrogens with one attached hydrogen (secondary N) is 1. The number of benzene rings is 2. The third-order valence-corrected chi connectivity index (χ3v) is 4.22. The van der Waals surface area contributed by atoms with E-state index in [9.17, 15) is 9.90 Å². The molecule has 2 aromatic carbocycles. The highest BCUT2D eigenvalue weighted by molar-refractivity contribution is 5.76. The van der Waals surface area contributed by atoms with Gasteiger partial charge in [-0.05, 0) is 42.7 Å². The molecule has 1 heterocycles. The van der Waals surface area contributed by atoms with Crippen molar-refractivity contribution in [1.29, 1.82) is 0 Å². The van der Waals surface area contributed by atoms with Crippen LogP contribution in [0.4, 0.5) is 0 Å². The molecule has 0 radical (unpaired) electrons. The second-order valence-electron chi connectivity index (χ2n) is 6.25. The van der Waals surface area contributed by atoms with Crippen molar-refractivity contribution in [3.8, 4) is 17.1 Å². The minimum Gasteiger partial charge on any atom is -0.508 e. The van der Waals surface area contributed by atoms with Crippen LogP contribution in [0.5, 0.6) is 5.75 Å². The number of hydrogen-bond acceptors (Lipinski definition) is 3. The lowest BCUT2D eigenvalue weighted by molar-refractivity contribution is -0.121. The van der Waals surface area contributed by atoms with Crippen molar-refractivity contribution in [3.05, 3.63) is 78.1 Å². The molecular weight excluding hydrogens is 326 g/mol. The zero-order valence-electron chi connectivity index (χ0n) is 14.7. The summed E-state index contributed by atoms with van der Waals surface area (Å²) in [6, 6.07) is 21.0. The Morgan fingerprint density at radius 2 is 1.69 bits per heavy atom. The minimum atomic E-state index is 0.0355. The molecule has 26 heavy (non-hydrogen) atoms. The third kappa shape index (κ3) is 5.24. The van der Waals surface area contributed by atoms with E-state index in [1.807, 2.05) is 54.6 Å². The molecule has 4 nitrogen and oxygen atoms in total. The Morgan fingerprint density at radius 1 is 0.923 bits per heavy atom. The maximum atomic E-state index is 12.0. The molecule has 0 atom stereocenters. The molecule has 1 aromatic heterocycles. The van der Waals surface area contributed by atoms with Gasteiger partial charge in [0.15, 0.2) is 0 Å². The number of amides is 1. The van der Waals surface area contributed by atoms with Crippen LogP contribution in [-0.2, 0) is 17.6 Å². The molecule has 3 rings (SSSR count). The summed E-state index contributed by atoms with van der Waals surface area (Å²) in [5, 5.41) is 12.2. The monoisotopic (exact) mass is 349 g/mol. The lowest BCUT2D eigenvalue weighted by Gasteiger charge is -2.05. The molecule has 134 valence electrons. The number of aryl methyl sites for hydroxylation is 2. The Morgan fingerprint density at radius 3 is 2.46 bits per heavy atom. The number of phenolic OH excluding ortho intramolecular Hbond substituents is 1. The molecule has 3 aromatic rings. The summed E-state index contributed by atoms with van der Waals surface area (Å²) in [5.41, 5.74) is 2.19. The van der Waals surface area contributed by atoms with Gasteiger partial charge in [0.25, 0.3) is 0 Å². The first-order valence-electron chi connectivity index (χ1n) is 8.89. The topological polar surface area (TPSA) is 62.5 Å². The van der Waals surface area contributed by atoms with E-state index in [0.717, 1.165) is 35.5 Å². The highest BCUT2D eigenvalue weighted by Gasteiger charge is 2.07. The van der Waals surface area contributed by atoms with Crippen molar-refractivity contribution in [2.75, 3.05) is 6.54 Å². The summed E-state index contributed by atoms with van der Waals surface area (Å²) in [6.45, 7) is 0.646. The molecule has 0 unspecified atom stereocenters. The Balaban J connectivity index is 1.36. The van der Waals surface area contributed by atoms with Crippen LogP contribution in [0.25, 0.3) is 11.3 Å². The molecule has 1 amide bonds. The van der Waals surface area contributed by atoms with Crippen LogP contribution in [0.1, 0.15) is 24.2 Å². The molecule has 0 aliphatic heterocycles. The van der Waals surface area contributed by atoms with Gasteiger partial charge in [-0.2, -0.15) is 0 Å². The van der Waals surface area contributed by atoms with E-state index in [4.69, 9.17) is 4.42 Å². The largest absolute Gasteiger partial charge is 0.508 e. The van der Waals surface area contributed by atoms with Gasteiger partial charge >= 0.3 is 0 Å². The number of rotatable bonds is 8. The smallest absolute Gasteiger partial charge is 0.220 e. The first kappa shape index (κ1) is 17.8. The lowest BCUT2D eigenvalue weighted by Crippen LogP contribution is -2.24. The molecule has 2 N–H and O–H groups in total. The number of carbonyl (C=O) groups is 1. The van der Waals surface area contributed by atoms with Gasteiger partial charge in [-0.15, -0.1) is 0 Å². The van der Waals surface area contributed by atoms with E-state index >= 15 is 0 Å². The van der Waals surface area contributed by atoms with Gasteiger partial charge in [0, 0.05) is 24.9 Å². The number of carbonyl (C=O) groups excluding carboxylic acids is 1. The predicted molar refractivity (Wildman–Crippen MR) is 102 cm³/mol. The van der Waals surface area contributed by atoms with Crippen LogP contribution >= 0.6 is 0 Å². The number of phenols is 1.